The third kappa shape index (κ3) is 4.81. The van der Waals surface area contributed by atoms with Crippen molar-refractivity contribution in [2.75, 3.05) is 11.9 Å². The summed E-state index contributed by atoms with van der Waals surface area (Å²) in [5.41, 5.74) is 2.31. The zero-order valence-electron chi connectivity index (χ0n) is 12.0. The van der Waals surface area contributed by atoms with Gasteiger partial charge in [0.2, 0.25) is 0 Å². The first-order valence-corrected chi connectivity index (χ1v) is 6.96. The molecule has 104 valence electrons. The Hall–Kier alpha value is -2.22. The Morgan fingerprint density at radius 1 is 1.00 bits per heavy atom. The van der Waals surface area contributed by atoms with E-state index in [1.165, 1.54) is 5.56 Å². The van der Waals surface area contributed by atoms with E-state index >= 15 is 0 Å². The molecule has 0 aromatic heterocycles. The average molecular weight is 267 g/mol. The van der Waals surface area contributed by atoms with Gasteiger partial charge in [-0.1, -0.05) is 42.5 Å². The van der Waals surface area contributed by atoms with Crippen LogP contribution in [0.4, 0.5) is 5.69 Å². The number of benzene rings is 2. The maximum absolute atomic E-state index is 5.61. The highest BCUT2D eigenvalue weighted by molar-refractivity contribution is 5.51. The van der Waals surface area contributed by atoms with Crippen molar-refractivity contribution in [3.63, 3.8) is 0 Å². The van der Waals surface area contributed by atoms with Crippen LogP contribution < -0.4 is 10.1 Å². The highest BCUT2D eigenvalue weighted by atomic mass is 16.5. The van der Waals surface area contributed by atoms with Gasteiger partial charge in [-0.05, 0) is 43.7 Å². The van der Waals surface area contributed by atoms with Gasteiger partial charge in [0.15, 0.2) is 0 Å². The van der Waals surface area contributed by atoms with E-state index in [4.69, 9.17) is 4.74 Å². The Bertz CT molecular complexity index is 529. The zero-order valence-corrected chi connectivity index (χ0v) is 12.0. The fraction of sp³-hybridized carbons (Fsp3) is 0.222. The average Bonchev–Trinajstić information content (AvgIpc) is 2.46. The molecule has 0 atom stereocenters. The molecule has 0 aliphatic rings. The molecule has 1 N–H and O–H groups in total. The summed E-state index contributed by atoms with van der Waals surface area (Å²) in [5, 5.41) is 3.35. The standard InChI is InChI=1S/C18H21NO/c1-15(2)20-18-12-10-17(11-13-18)19-14-6-9-16-7-4-3-5-8-16/h3-13,15,19H,14H2,1-2H3. The molecule has 0 fully saturated rings. The van der Waals surface area contributed by atoms with Crippen molar-refractivity contribution in [1.82, 2.24) is 0 Å². The molecule has 2 heteroatoms. The van der Waals surface area contributed by atoms with E-state index in [-0.39, 0.29) is 6.10 Å². The molecule has 0 unspecified atom stereocenters. The minimum atomic E-state index is 0.211. The molecule has 20 heavy (non-hydrogen) atoms. The second kappa shape index (κ2) is 7.39. The molecule has 2 aromatic carbocycles. The summed E-state index contributed by atoms with van der Waals surface area (Å²) in [5.74, 6) is 0.908. The van der Waals surface area contributed by atoms with Crippen LogP contribution in [0.1, 0.15) is 19.4 Å². The molecule has 0 aliphatic carbocycles. The van der Waals surface area contributed by atoms with Crippen molar-refractivity contribution in [2.24, 2.45) is 0 Å². The normalized spacial score (nSPS) is 10.9. The van der Waals surface area contributed by atoms with Crippen LogP contribution in [-0.2, 0) is 0 Å². The number of anilines is 1. The first-order valence-electron chi connectivity index (χ1n) is 6.96. The van der Waals surface area contributed by atoms with Gasteiger partial charge in [-0.3, -0.25) is 0 Å². The zero-order chi connectivity index (χ0) is 14.2. The third-order valence-electron chi connectivity index (χ3n) is 2.76. The van der Waals surface area contributed by atoms with Crippen LogP contribution in [0.3, 0.4) is 0 Å². The van der Waals surface area contributed by atoms with E-state index in [1.807, 2.05) is 56.3 Å². The Morgan fingerprint density at radius 2 is 1.70 bits per heavy atom. The van der Waals surface area contributed by atoms with Crippen molar-refractivity contribution in [1.29, 1.82) is 0 Å². The topological polar surface area (TPSA) is 21.3 Å². The van der Waals surface area contributed by atoms with E-state index < -0.39 is 0 Å². The van der Waals surface area contributed by atoms with E-state index in [0.29, 0.717) is 0 Å². The molecule has 2 nitrogen and oxygen atoms in total. The fourth-order valence-electron chi connectivity index (χ4n) is 1.86. The second-order valence-electron chi connectivity index (χ2n) is 4.88. The molecule has 2 aromatic rings. The molecule has 0 heterocycles. The number of rotatable bonds is 6. The summed E-state index contributed by atoms with van der Waals surface area (Å²) in [6, 6.07) is 18.3. The number of nitrogens with one attached hydrogen (secondary N) is 1. The molecule has 0 saturated carbocycles. The molecule has 0 spiro atoms. The highest BCUT2D eigenvalue weighted by Gasteiger charge is 1.97. The first kappa shape index (κ1) is 14.2. The van der Waals surface area contributed by atoms with E-state index in [0.717, 1.165) is 18.0 Å². The largest absolute Gasteiger partial charge is 0.491 e. The summed E-state index contributed by atoms with van der Waals surface area (Å²) in [6.45, 7) is 4.86. The Kier molecular flexibility index (Phi) is 5.24. The van der Waals surface area contributed by atoms with Gasteiger partial charge in [-0.15, -0.1) is 0 Å². The SMILES string of the molecule is CC(C)Oc1ccc(NCC=Cc2ccccc2)cc1. The Morgan fingerprint density at radius 3 is 2.35 bits per heavy atom. The van der Waals surface area contributed by atoms with Gasteiger partial charge in [0.1, 0.15) is 5.75 Å². The van der Waals surface area contributed by atoms with Crippen molar-refractivity contribution in [3.05, 3.63) is 66.2 Å². The van der Waals surface area contributed by atoms with Gasteiger partial charge in [0, 0.05) is 12.2 Å². The van der Waals surface area contributed by atoms with Crippen LogP contribution in [0.15, 0.2) is 60.7 Å². The Balaban J connectivity index is 1.81. The van der Waals surface area contributed by atoms with Gasteiger partial charge in [0.05, 0.1) is 6.10 Å². The number of hydrogen-bond donors (Lipinski definition) is 1. The maximum atomic E-state index is 5.61. The molecule has 2 rings (SSSR count). The predicted molar refractivity (Wildman–Crippen MR) is 86.2 cm³/mol. The third-order valence-corrected chi connectivity index (χ3v) is 2.76. The van der Waals surface area contributed by atoms with Crippen molar-refractivity contribution >= 4 is 11.8 Å². The lowest BCUT2D eigenvalue weighted by Gasteiger charge is -2.10. The van der Waals surface area contributed by atoms with Crippen LogP contribution in [0.25, 0.3) is 6.08 Å². The molecule has 0 amide bonds. The number of ether oxygens (including phenoxy) is 1. The summed E-state index contributed by atoms with van der Waals surface area (Å²) < 4.78 is 5.61. The van der Waals surface area contributed by atoms with E-state index in [2.05, 4.69) is 29.6 Å². The predicted octanol–water partition coefficient (Wildman–Crippen LogP) is 4.60. The first-order chi connectivity index (χ1) is 9.74. The Labute approximate surface area is 121 Å². The van der Waals surface area contributed by atoms with Gasteiger partial charge >= 0.3 is 0 Å². The van der Waals surface area contributed by atoms with Gasteiger partial charge in [0.25, 0.3) is 0 Å². The van der Waals surface area contributed by atoms with Crippen LogP contribution >= 0.6 is 0 Å². The smallest absolute Gasteiger partial charge is 0.119 e. The molecule has 0 aliphatic heterocycles. The van der Waals surface area contributed by atoms with Crippen LogP contribution in [0, 0.1) is 0 Å². The summed E-state index contributed by atoms with van der Waals surface area (Å²) >= 11 is 0. The minimum Gasteiger partial charge on any atom is -0.491 e. The lowest BCUT2D eigenvalue weighted by Crippen LogP contribution is -2.05. The lowest BCUT2D eigenvalue weighted by atomic mass is 10.2. The van der Waals surface area contributed by atoms with Crippen LogP contribution in [-0.4, -0.2) is 12.6 Å². The lowest BCUT2D eigenvalue weighted by molar-refractivity contribution is 0.242. The van der Waals surface area contributed by atoms with Crippen LogP contribution in [0.2, 0.25) is 0 Å². The molecular weight excluding hydrogens is 246 g/mol. The summed E-state index contributed by atoms with van der Waals surface area (Å²) in [6.07, 6.45) is 4.44. The van der Waals surface area contributed by atoms with Gasteiger partial charge < -0.3 is 10.1 Å². The highest BCUT2D eigenvalue weighted by Crippen LogP contribution is 2.16. The quantitative estimate of drug-likeness (QED) is 0.826. The van der Waals surface area contributed by atoms with E-state index in [9.17, 15) is 0 Å². The fourth-order valence-corrected chi connectivity index (χ4v) is 1.86. The monoisotopic (exact) mass is 267 g/mol. The summed E-state index contributed by atoms with van der Waals surface area (Å²) in [7, 11) is 0. The molecule has 0 bridgehead atoms. The molecule has 0 radical (unpaired) electrons. The minimum absolute atomic E-state index is 0.211. The van der Waals surface area contributed by atoms with Crippen molar-refractivity contribution in [2.45, 2.75) is 20.0 Å². The number of hydrogen-bond acceptors (Lipinski definition) is 2. The molecule has 0 saturated heterocycles. The van der Waals surface area contributed by atoms with Gasteiger partial charge in [-0.2, -0.15) is 0 Å². The van der Waals surface area contributed by atoms with Crippen molar-refractivity contribution < 1.29 is 4.74 Å². The van der Waals surface area contributed by atoms with E-state index in [1.54, 1.807) is 0 Å². The van der Waals surface area contributed by atoms with Crippen LogP contribution in [0.5, 0.6) is 5.75 Å². The summed E-state index contributed by atoms with van der Waals surface area (Å²) in [4.78, 5) is 0. The molecular formula is C18H21NO. The van der Waals surface area contributed by atoms with Crippen molar-refractivity contribution in [3.8, 4) is 5.75 Å². The maximum Gasteiger partial charge on any atom is 0.119 e. The van der Waals surface area contributed by atoms with Gasteiger partial charge in [-0.25, -0.2) is 0 Å². The second-order valence-corrected chi connectivity index (χ2v) is 4.88.